The van der Waals surface area contributed by atoms with Crippen LogP contribution in [-0.4, -0.2) is 30.0 Å². The highest BCUT2D eigenvalue weighted by Crippen LogP contribution is 2.38. The molecule has 160 valence electrons. The van der Waals surface area contributed by atoms with Crippen molar-refractivity contribution in [2.45, 2.75) is 26.1 Å². The molecule has 0 aliphatic carbocycles. The van der Waals surface area contributed by atoms with E-state index in [-0.39, 0.29) is 17.3 Å². The molecule has 2 aromatic carbocycles. The maximum Gasteiger partial charge on any atom is 0.419 e. The molecule has 0 saturated carbocycles. The summed E-state index contributed by atoms with van der Waals surface area (Å²) in [6, 6.07) is 10.6. The average molecular weight is 423 g/mol. The molecule has 1 aromatic heterocycles. The minimum atomic E-state index is -4.68. The number of halogens is 4. The summed E-state index contributed by atoms with van der Waals surface area (Å²) >= 11 is 0. The first-order valence-corrected chi connectivity index (χ1v) is 9.33. The number of hydrogen-bond acceptors (Lipinski definition) is 5. The number of benzene rings is 2. The molecule has 30 heavy (non-hydrogen) atoms. The van der Waals surface area contributed by atoms with Gasteiger partial charge in [0, 0.05) is 17.7 Å². The first-order valence-electron chi connectivity index (χ1n) is 9.33. The van der Waals surface area contributed by atoms with Crippen LogP contribution in [0.4, 0.5) is 17.6 Å². The van der Waals surface area contributed by atoms with Crippen molar-refractivity contribution in [3.05, 3.63) is 53.6 Å². The second-order valence-electron chi connectivity index (χ2n) is 6.42. The highest BCUT2D eigenvalue weighted by atomic mass is 19.4. The zero-order chi connectivity index (χ0) is 21.6. The van der Waals surface area contributed by atoms with Crippen LogP contribution in [0.1, 0.15) is 24.5 Å². The predicted molar refractivity (Wildman–Crippen MR) is 102 cm³/mol. The normalized spacial score (nSPS) is 11.6. The maximum absolute atomic E-state index is 13.3. The van der Waals surface area contributed by atoms with Gasteiger partial charge >= 0.3 is 6.18 Å². The van der Waals surface area contributed by atoms with E-state index in [4.69, 9.17) is 14.0 Å². The number of hydrogen-bond donors (Lipinski definition) is 0. The van der Waals surface area contributed by atoms with Gasteiger partial charge in [0.25, 0.3) is 5.89 Å². The van der Waals surface area contributed by atoms with Gasteiger partial charge in [-0.1, -0.05) is 36.3 Å². The first-order chi connectivity index (χ1) is 14.4. The Balaban J connectivity index is 1.81. The first kappa shape index (κ1) is 21.8. The molecule has 0 aliphatic heterocycles. The molecule has 0 fully saturated rings. The maximum atomic E-state index is 13.3. The average Bonchev–Trinajstić information content (AvgIpc) is 3.22. The smallest absolute Gasteiger partial charge is 0.419 e. The van der Waals surface area contributed by atoms with E-state index in [9.17, 15) is 17.6 Å². The van der Waals surface area contributed by atoms with Gasteiger partial charge in [-0.25, -0.2) is 4.39 Å². The zero-order valence-corrected chi connectivity index (χ0v) is 16.2. The second kappa shape index (κ2) is 9.71. The molecule has 0 N–H and O–H groups in total. The van der Waals surface area contributed by atoms with E-state index in [2.05, 4.69) is 10.1 Å². The van der Waals surface area contributed by atoms with Crippen molar-refractivity contribution >= 4 is 0 Å². The second-order valence-corrected chi connectivity index (χ2v) is 6.42. The number of aromatic nitrogens is 2. The summed E-state index contributed by atoms with van der Waals surface area (Å²) in [7, 11) is 0. The summed E-state index contributed by atoms with van der Waals surface area (Å²) < 4.78 is 67.8. The third-order valence-electron chi connectivity index (χ3n) is 4.12. The molecule has 0 spiro atoms. The van der Waals surface area contributed by atoms with Gasteiger partial charge in [-0.15, -0.1) is 0 Å². The van der Waals surface area contributed by atoms with Crippen molar-refractivity contribution in [2.24, 2.45) is 0 Å². The third-order valence-corrected chi connectivity index (χ3v) is 4.12. The lowest BCUT2D eigenvalue weighted by Gasteiger charge is -2.13. The minimum Gasteiger partial charge on any atom is -0.490 e. The fourth-order valence-electron chi connectivity index (χ4n) is 2.70. The molecule has 9 heteroatoms. The van der Waals surface area contributed by atoms with Crippen LogP contribution in [0.3, 0.4) is 0 Å². The van der Waals surface area contributed by atoms with Crippen LogP contribution in [0, 0.1) is 0 Å². The Labute approximate surface area is 170 Å². The van der Waals surface area contributed by atoms with Crippen molar-refractivity contribution in [3.63, 3.8) is 0 Å². The number of nitrogens with zero attached hydrogens (tertiary/aromatic N) is 2. The highest BCUT2D eigenvalue weighted by Gasteiger charge is 2.35. The van der Waals surface area contributed by atoms with Gasteiger partial charge in [-0.2, -0.15) is 18.2 Å². The number of rotatable bonds is 9. The van der Waals surface area contributed by atoms with Crippen LogP contribution in [0.15, 0.2) is 47.0 Å². The van der Waals surface area contributed by atoms with Crippen LogP contribution in [-0.2, 0) is 17.5 Å². The molecular weight excluding hydrogens is 403 g/mol. The molecule has 0 aliphatic rings. The lowest BCUT2D eigenvalue weighted by atomic mass is 10.1. The van der Waals surface area contributed by atoms with Gasteiger partial charge in [0.15, 0.2) is 0 Å². The predicted octanol–water partition coefficient (Wildman–Crippen LogP) is 5.70. The van der Waals surface area contributed by atoms with E-state index in [1.54, 1.807) is 12.1 Å². The van der Waals surface area contributed by atoms with Gasteiger partial charge in [0.1, 0.15) is 19.0 Å². The molecule has 0 bridgehead atoms. The molecule has 0 radical (unpaired) electrons. The van der Waals surface area contributed by atoms with Gasteiger partial charge in [0.05, 0.1) is 12.2 Å². The lowest BCUT2D eigenvalue weighted by molar-refractivity contribution is -0.138. The van der Waals surface area contributed by atoms with E-state index in [0.29, 0.717) is 18.8 Å². The van der Waals surface area contributed by atoms with Gasteiger partial charge in [-0.3, -0.25) is 0 Å². The molecule has 5 nitrogen and oxygen atoms in total. The SMILES string of the molecule is CCCOCc1ccc(-c2noc(-c3ccc(OCC[18F])c(C(F)(F)F)c3)n2)cc1. The molecule has 3 rings (SSSR count). The van der Waals surface area contributed by atoms with Crippen molar-refractivity contribution < 1.29 is 31.6 Å². The Morgan fingerprint density at radius 3 is 2.40 bits per heavy atom. The topological polar surface area (TPSA) is 57.4 Å². The fraction of sp³-hybridized carbons (Fsp3) is 0.333. The summed E-state index contributed by atoms with van der Waals surface area (Å²) in [5, 5.41) is 3.85. The number of ether oxygens (including phenoxy) is 2. The molecule has 0 atom stereocenters. The summed E-state index contributed by atoms with van der Waals surface area (Å²) in [6.45, 7) is 1.83. The largest absolute Gasteiger partial charge is 0.490 e. The summed E-state index contributed by atoms with van der Waals surface area (Å²) in [5.41, 5.74) is 0.681. The Hall–Kier alpha value is -2.94. The summed E-state index contributed by atoms with van der Waals surface area (Å²) in [5.74, 6) is -0.273. The van der Waals surface area contributed by atoms with E-state index in [1.807, 2.05) is 19.1 Å². The Morgan fingerprint density at radius 2 is 1.73 bits per heavy atom. The van der Waals surface area contributed by atoms with Crippen LogP contribution in [0.25, 0.3) is 22.8 Å². The van der Waals surface area contributed by atoms with Crippen molar-refractivity contribution in [2.75, 3.05) is 19.9 Å². The van der Waals surface area contributed by atoms with Gasteiger partial charge in [-0.05, 0) is 30.2 Å². The Kier molecular flexibility index (Phi) is 7.04. The zero-order valence-electron chi connectivity index (χ0n) is 16.2. The third kappa shape index (κ3) is 5.35. The summed E-state index contributed by atoms with van der Waals surface area (Å²) in [6.07, 6.45) is -3.75. The van der Waals surface area contributed by atoms with E-state index in [0.717, 1.165) is 24.1 Å². The van der Waals surface area contributed by atoms with E-state index >= 15 is 0 Å². The quantitative estimate of drug-likeness (QED) is 0.327. The van der Waals surface area contributed by atoms with Crippen molar-refractivity contribution in [1.82, 2.24) is 10.1 Å². The molecule has 0 unspecified atom stereocenters. The lowest BCUT2D eigenvalue weighted by Crippen LogP contribution is -2.10. The van der Waals surface area contributed by atoms with Crippen LogP contribution < -0.4 is 4.74 Å². The molecule has 3 aromatic rings. The standard InChI is InChI=1S/C21H20F4N2O3/c1-2-10-28-13-14-3-5-15(6-4-14)19-26-20(30-27-19)16-7-8-18(29-11-9-22)17(12-16)21(23,24)25/h3-8,12H,2,9-11,13H2,1H3/i22-1. The van der Waals surface area contributed by atoms with E-state index < -0.39 is 30.8 Å². The van der Waals surface area contributed by atoms with Crippen molar-refractivity contribution in [1.29, 1.82) is 0 Å². The van der Waals surface area contributed by atoms with Crippen molar-refractivity contribution in [3.8, 4) is 28.6 Å². The monoisotopic (exact) mass is 423 g/mol. The van der Waals surface area contributed by atoms with Crippen LogP contribution in [0.2, 0.25) is 0 Å². The van der Waals surface area contributed by atoms with Gasteiger partial charge in [0.2, 0.25) is 5.82 Å². The Morgan fingerprint density at radius 1 is 1.00 bits per heavy atom. The van der Waals surface area contributed by atoms with E-state index in [1.165, 1.54) is 6.07 Å². The molecule has 0 amide bonds. The highest BCUT2D eigenvalue weighted by molar-refractivity contribution is 5.62. The molecular formula is C21H20F4N2O3. The van der Waals surface area contributed by atoms with Gasteiger partial charge < -0.3 is 14.0 Å². The number of alkyl halides is 4. The molecule has 0 saturated heterocycles. The Bertz CT molecular complexity index is 956. The minimum absolute atomic E-state index is 0.0668. The molecule has 1 heterocycles. The summed E-state index contributed by atoms with van der Waals surface area (Å²) in [4.78, 5) is 4.19. The fourth-order valence-corrected chi connectivity index (χ4v) is 2.70. The van der Waals surface area contributed by atoms with Crippen LogP contribution in [0.5, 0.6) is 5.75 Å². The van der Waals surface area contributed by atoms with Crippen LogP contribution >= 0.6 is 0 Å².